The third-order valence-corrected chi connectivity index (χ3v) is 5.83. The molecule has 0 aliphatic carbocycles. The molecule has 13 nitrogen and oxygen atoms in total. The van der Waals surface area contributed by atoms with Gasteiger partial charge < -0.3 is 20.4 Å². The van der Waals surface area contributed by atoms with Crippen LogP contribution in [0.5, 0.6) is 0 Å². The minimum Gasteiger partial charge on any atom is -0.480 e. The van der Waals surface area contributed by atoms with E-state index in [2.05, 4.69) is 0 Å². The van der Waals surface area contributed by atoms with Gasteiger partial charge in [0.2, 0.25) is 0 Å². The van der Waals surface area contributed by atoms with Crippen molar-refractivity contribution >= 4 is 50.3 Å². The van der Waals surface area contributed by atoms with Gasteiger partial charge in [0.1, 0.15) is 6.04 Å². The van der Waals surface area contributed by atoms with E-state index in [-0.39, 0.29) is 88.6 Å². The predicted octanol–water partition coefficient (Wildman–Crippen LogP) is -1.34. The molecule has 1 fully saturated rings. The van der Waals surface area contributed by atoms with Crippen LogP contribution in [-0.2, 0) is 24.0 Å². The number of carboxylic acids is 4. The number of hydrogen-bond donors (Lipinski definition) is 4. The SMILES string of the molecule is O=C(O)CN1CCN(CC(=O)O)CCN(C(CCC(=O)I)C(=O)O)CCN(CC(=O)O)CC1. The number of rotatable bonds is 11. The molecule has 0 spiro atoms. The van der Waals surface area contributed by atoms with Crippen LogP contribution in [0.3, 0.4) is 0 Å². The summed E-state index contributed by atoms with van der Waals surface area (Å²) < 4.78 is -0.174. The van der Waals surface area contributed by atoms with Gasteiger partial charge in [0.15, 0.2) is 3.79 Å². The highest BCUT2D eigenvalue weighted by Crippen LogP contribution is 2.12. The summed E-state index contributed by atoms with van der Waals surface area (Å²) in [7, 11) is 0. The zero-order valence-electron chi connectivity index (χ0n) is 18.3. The maximum atomic E-state index is 11.9. The van der Waals surface area contributed by atoms with Crippen molar-refractivity contribution in [1.29, 1.82) is 0 Å². The Bertz CT molecular complexity index is 677. The minimum atomic E-state index is -1.11. The van der Waals surface area contributed by atoms with E-state index in [0.717, 1.165) is 0 Å². The largest absolute Gasteiger partial charge is 0.480 e. The molecule has 1 aliphatic rings. The normalized spacial score (nSPS) is 19.2. The molecule has 0 aromatic rings. The fourth-order valence-corrected chi connectivity index (χ4v) is 3.94. The van der Waals surface area contributed by atoms with Gasteiger partial charge >= 0.3 is 23.9 Å². The lowest BCUT2D eigenvalue weighted by molar-refractivity contribution is -0.145. The van der Waals surface area contributed by atoms with Crippen LogP contribution in [0, 0.1) is 0 Å². The van der Waals surface area contributed by atoms with Crippen LogP contribution in [0.15, 0.2) is 0 Å². The van der Waals surface area contributed by atoms with E-state index in [4.69, 9.17) is 0 Å². The Labute approximate surface area is 205 Å². The second kappa shape index (κ2) is 15.1. The molecular formula is C19H31IN4O9. The Kier molecular flexibility index (Phi) is 13.3. The summed E-state index contributed by atoms with van der Waals surface area (Å²) in [5.41, 5.74) is 0. The van der Waals surface area contributed by atoms with Gasteiger partial charge in [-0.15, -0.1) is 0 Å². The topological polar surface area (TPSA) is 179 Å². The van der Waals surface area contributed by atoms with Crippen molar-refractivity contribution in [2.45, 2.75) is 18.9 Å². The molecule has 0 bridgehead atoms. The summed E-state index contributed by atoms with van der Waals surface area (Å²) in [4.78, 5) is 63.6. The first-order chi connectivity index (χ1) is 15.5. The van der Waals surface area contributed by atoms with Gasteiger partial charge in [-0.3, -0.25) is 43.6 Å². The van der Waals surface area contributed by atoms with Crippen LogP contribution >= 0.6 is 22.6 Å². The second-order valence-corrected chi connectivity index (χ2v) is 9.00. The molecule has 0 radical (unpaired) electrons. The highest BCUT2D eigenvalue weighted by molar-refractivity contribution is 14.1. The second-order valence-electron chi connectivity index (χ2n) is 7.79. The molecule has 0 amide bonds. The van der Waals surface area contributed by atoms with Crippen molar-refractivity contribution < 1.29 is 44.4 Å². The molecule has 0 aromatic heterocycles. The average Bonchev–Trinajstić information content (AvgIpc) is 2.67. The Hall–Kier alpha value is -1.88. The van der Waals surface area contributed by atoms with Crippen molar-refractivity contribution in [3.8, 4) is 0 Å². The van der Waals surface area contributed by atoms with Gasteiger partial charge in [0.05, 0.1) is 19.6 Å². The lowest BCUT2D eigenvalue weighted by atomic mass is 10.1. The summed E-state index contributed by atoms with van der Waals surface area (Å²) in [6, 6.07) is -0.978. The third kappa shape index (κ3) is 12.8. The first-order valence-corrected chi connectivity index (χ1v) is 11.5. The molecule has 1 rings (SSSR count). The number of carboxylic acid groups (broad SMARTS) is 4. The molecule has 14 heteroatoms. The highest BCUT2D eigenvalue weighted by Gasteiger charge is 2.28. The number of aliphatic carboxylic acids is 4. The Balaban J connectivity index is 3.11. The van der Waals surface area contributed by atoms with E-state index in [1.54, 1.807) is 42.2 Å². The summed E-state index contributed by atoms with van der Waals surface area (Å²) >= 11 is 1.60. The molecule has 1 heterocycles. The number of carbonyl (C=O) groups excluding carboxylic acids is 1. The first-order valence-electron chi connectivity index (χ1n) is 10.5. The molecule has 1 aliphatic heterocycles. The van der Waals surface area contributed by atoms with Crippen molar-refractivity contribution in [3.63, 3.8) is 0 Å². The van der Waals surface area contributed by atoms with Crippen LogP contribution in [0.2, 0.25) is 0 Å². The van der Waals surface area contributed by atoms with E-state index in [0.29, 0.717) is 0 Å². The lowest BCUT2D eigenvalue weighted by Crippen LogP contribution is -2.51. The van der Waals surface area contributed by atoms with Crippen LogP contribution < -0.4 is 0 Å². The van der Waals surface area contributed by atoms with Crippen LogP contribution in [0.25, 0.3) is 0 Å². The van der Waals surface area contributed by atoms with Gasteiger partial charge in [0.25, 0.3) is 0 Å². The lowest BCUT2D eigenvalue weighted by Gasteiger charge is -2.35. The van der Waals surface area contributed by atoms with E-state index in [1.165, 1.54) is 0 Å². The third-order valence-electron chi connectivity index (χ3n) is 5.29. The Morgan fingerprint density at radius 1 is 0.636 bits per heavy atom. The molecule has 0 saturated carbocycles. The summed E-state index contributed by atoms with van der Waals surface area (Å²) in [5.74, 6) is -4.27. The number of carbonyl (C=O) groups is 5. The van der Waals surface area contributed by atoms with Crippen molar-refractivity contribution in [2.24, 2.45) is 0 Å². The standard InChI is InChI=1S/C19H31IN4O9/c20-15(25)2-1-14(19(32)33)24-9-7-22(12-17(28)29)5-3-21(11-16(26)27)4-6-23(8-10-24)13-18(30)31/h14H,1-13H2,(H,26,27)(H,28,29)(H,30,31)(H,32,33). The van der Waals surface area contributed by atoms with E-state index < -0.39 is 29.9 Å². The molecule has 1 saturated heterocycles. The highest BCUT2D eigenvalue weighted by atomic mass is 127. The van der Waals surface area contributed by atoms with Gasteiger partial charge in [-0.05, 0) is 29.0 Å². The fourth-order valence-electron chi connectivity index (χ4n) is 3.62. The van der Waals surface area contributed by atoms with Gasteiger partial charge in [-0.25, -0.2) is 0 Å². The maximum Gasteiger partial charge on any atom is 0.320 e. The minimum absolute atomic E-state index is 0.0653. The average molecular weight is 586 g/mol. The molecule has 4 N–H and O–H groups in total. The number of nitrogens with zero attached hydrogens (tertiary/aromatic N) is 4. The molecule has 0 aromatic carbocycles. The Morgan fingerprint density at radius 3 is 1.24 bits per heavy atom. The fraction of sp³-hybridized carbons (Fsp3) is 0.737. The quantitative estimate of drug-likeness (QED) is 0.165. The van der Waals surface area contributed by atoms with Crippen molar-refractivity contribution in [3.05, 3.63) is 0 Å². The smallest absolute Gasteiger partial charge is 0.320 e. The molecule has 1 atom stereocenters. The van der Waals surface area contributed by atoms with Gasteiger partial charge in [-0.1, -0.05) is 0 Å². The first kappa shape index (κ1) is 29.2. The maximum absolute atomic E-state index is 11.9. The van der Waals surface area contributed by atoms with Crippen molar-refractivity contribution in [1.82, 2.24) is 19.6 Å². The molecular weight excluding hydrogens is 555 g/mol. The van der Waals surface area contributed by atoms with E-state index in [9.17, 15) is 44.4 Å². The Morgan fingerprint density at radius 2 is 0.970 bits per heavy atom. The van der Waals surface area contributed by atoms with E-state index in [1.807, 2.05) is 0 Å². The van der Waals surface area contributed by atoms with Gasteiger partial charge in [0, 0.05) is 58.8 Å². The van der Waals surface area contributed by atoms with Crippen LogP contribution in [0.1, 0.15) is 12.8 Å². The zero-order valence-corrected chi connectivity index (χ0v) is 20.4. The monoisotopic (exact) mass is 586 g/mol. The van der Waals surface area contributed by atoms with Crippen LogP contribution in [-0.4, -0.2) is 146 Å². The predicted molar refractivity (Wildman–Crippen MR) is 123 cm³/mol. The zero-order chi connectivity index (χ0) is 25.0. The van der Waals surface area contributed by atoms with Crippen molar-refractivity contribution in [2.75, 3.05) is 72.0 Å². The number of hydrogen-bond acceptors (Lipinski definition) is 9. The summed E-state index contributed by atoms with van der Waals surface area (Å²) in [5, 5.41) is 37.4. The van der Waals surface area contributed by atoms with E-state index >= 15 is 0 Å². The molecule has 33 heavy (non-hydrogen) atoms. The summed E-state index contributed by atoms with van der Waals surface area (Å²) in [6.07, 6.45) is 0.150. The molecule has 1 unspecified atom stereocenters. The van der Waals surface area contributed by atoms with Gasteiger partial charge in [-0.2, -0.15) is 0 Å². The summed E-state index contributed by atoms with van der Waals surface area (Å²) in [6.45, 7) is 0.985. The van der Waals surface area contributed by atoms with Crippen LogP contribution in [0.4, 0.5) is 0 Å². The molecule has 188 valence electrons. The number of halogens is 1.